The van der Waals surface area contributed by atoms with Crippen LogP contribution in [0.25, 0.3) is 11.2 Å². The van der Waals surface area contributed by atoms with Crippen molar-refractivity contribution in [1.29, 1.82) is 0 Å². The van der Waals surface area contributed by atoms with Crippen molar-refractivity contribution in [2.75, 3.05) is 12.3 Å². The SMILES string of the molecule is CC#CO[C@@H]1[C@H](OP(=O)(O)O)[C@@H](CO)O[C@H]1n1cnc2c(=O)[nH]c(N)nc21. The second-order valence-corrected chi connectivity index (χ2v) is 6.71. The van der Waals surface area contributed by atoms with Crippen LogP contribution < -0.4 is 11.3 Å². The number of hydrogen-bond acceptors (Lipinski definition) is 9. The van der Waals surface area contributed by atoms with Crippen LogP contribution in [-0.2, 0) is 18.6 Å². The zero-order valence-electron chi connectivity index (χ0n) is 13.8. The first kappa shape index (κ1) is 19.3. The van der Waals surface area contributed by atoms with Gasteiger partial charge in [-0.1, -0.05) is 5.92 Å². The van der Waals surface area contributed by atoms with E-state index >= 15 is 0 Å². The molecule has 0 aliphatic carbocycles. The first-order valence-corrected chi connectivity index (χ1v) is 9.08. The Morgan fingerprint density at radius 2 is 2.22 bits per heavy atom. The summed E-state index contributed by atoms with van der Waals surface area (Å²) in [6.07, 6.45) is -1.26. The van der Waals surface area contributed by atoms with Crippen LogP contribution in [0.1, 0.15) is 13.2 Å². The molecule has 3 heterocycles. The van der Waals surface area contributed by atoms with Gasteiger partial charge in [-0.05, 0) is 0 Å². The van der Waals surface area contributed by atoms with Crippen molar-refractivity contribution in [3.8, 4) is 12.0 Å². The number of aliphatic hydroxyl groups excluding tert-OH is 1. The van der Waals surface area contributed by atoms with Gasteiger partial charge in [-0.15, -0.1) is 0 Å². The third-order valence-corrected chi connectivity index (χ3v) is 4.26. The molecule has 0 aromatic carbocycles. The molecule has 6 N–H and O–H groups in total. The molecule has 2 aromatic heterocycles. The van der Waals surface area contributed by atoms with E-state index in [1.165, 1.54) is 17.8 Å². The number of ether oxygens (including phenoxy) is 2. The highest BCUT2D eigenvalue weighted by atomic mass is 31.2. The van der Waals surface area contributed by atoms with Gasteiger partial charge in [0.1, 0.15) is 18.3 Å². The topological polar surface area (TPSA) is 195 Å². The number of phosphoric ester groups is 1. The monoisotopic (exact) mass is 401 g/mol. The molecule has 146 valence electrons. The number of nitrogen functional groups attached to an aromatic ring is 1. The Labute approximate surface area is 151 Å². The Hall–Kier alpha value is -2.46. The minimum absolute atomic E-state index is 0.0342. The molecule has 4 atom stereocenters. The van der Waals surface area contributed by atoms with Crippen molar-refractivity contribution in [2.45, 2.75) is 31.5 Å². The number of hydrogen-bond donors (Lipinski definition) is 5. The third-order valence-electron chi connectivity index (χ3n) is 3.75. The lowest BCUT2D eigenvalue weighted by atomic mass is 10.1. The number of rotatable bonds is 5. The Morgan fingerprint density at radius 1 is 1.48 bits per heavy atom. The molecule has 1 saturated heterocycles. The number of nitrogens with one attached hydrogen (secondary N) is 1. The maximum atomic E-state index is 11.9. The lowest BCUT2D eigenvalue weighted by Gasteiger charge is -2.22. The minimum Gasteiger partial charge on any atom is -0.436 e. The zero-order valence-corrected chi connectivity index (χ0v) is 14.7. The lowest BCUT2D eigenvalue weighted by molar-refractivity contribution is -0.0508. The van der Waals surface area contributed by atoms with Crippen LogP contribution in [-0.4, -0.2) is 59.3 Å². The summed E-state index contributed by atoms with van der Waals surface area (Å²) in [5.41, 5.74) is 4.99. The molecule has 0 radical (unpaired) electrons. The van der Waals surface area contributed by atoms with E-state index < -0.39 is 44.5 Å². The van der Waals surface area contributed by atoms with Gasteiger partial charge in [-0.2, -0.15) is 4.98 Å². The van der Waals surface area contributed by atoms with Crippen molar-refractivity contribution >= 4 is 24.9 Å². The largest absolute Gasteiger partial charge is 0.470 e. The number of aromatic amines is 1. The summed E-state index contributed by atoms with van der Waals surface area (Å²) in [6, 6.07) is 0. The Balaban J connectivity index is 2.08. The molecule has 0 spiro atoms. The fourth-order valence-corrected chi connectivity index (χ4v) is 3.32. The third kappa shape index (κ3) is 3.81. The van der Waals surface area contributed by atoms with Crippen molar-refractivity contribution in [2.24, 2.45) is 0 Å². The number of nitrogens with zero attached hydrogens (tertiary/aromatic N) is 3. The Kier molecular flexibility index (Phi) is 5.20. The zero-order chi connectivity index (χ0) is 19.8. The molecule has 0 unspecified atom stereocenters. The highest BCUT2D eigenvalue weighted by Crippen LogP contribution is 2.44. The van der Waals surface area contributed by atoms with Gasteiger partial charge < -0.3 is 30.1 Å². The Bertz CT molecular complexity index is 1000. The second-order valence-electron chi connectivity index (χ2n) is 5.52. The van der Waals surface area contributed by atoms with Gasteiger partial charge in [0.2, 0.25) is 5.95 Å². The van der Waals surface area contributed by atoms with Crippen LogP contribution in [0.4, 0.5) is 5.95 Å². The maximum absolute atomic E-state index is 11.9. The molecule has 0 bridgehead atoms. The molecule has 0 saturated carbocycles. The number of imidazole rings is 1. The highest BCUT2D eigenvalue weighted by molar-refractivity contribution is 7.46. The van der Waals surface area contributed by atoms with Gasteiger partial charge in [-0.25, -0.2) is 9.55 Å². The summed E-state index contributed by atoms with van der Waals surface area (Å²) in [6.45, 7) is 0.866. The molecule has 1 aliphatic rings. The van der Waals surface area contributed by atoms with Crippen molar-refractivity contribution < 1.29 is 33.5 Å². The number of aliphatic hydroxyl groups is 1. The first-order chi connectivity index (χ1) is 12.7. The highest BCUT2D eigenvalue weighted by Gasteiger charge is 2.51. The molecule has 0 amide bonds. The van der Waals surface area contributed by atoms with Crippen LogP contribution in [0, 0.1) is 12.0 Å². The quantitative estimate of drug-likeness (QED) is 0.287. The molecule has 13 nitrogen and oxygen atoms in total. The van der Waals surface area contributed by atoms with Crippen molar-refractivity contribution in [1.82, 2.24) is 19.5 Å². The van der Waals surface area contributed by atoms with E-state index in [0.717, 1.165) is 0 Å². The lowest BCUT2D eigenvalue weighted by Crippen LogP contribution is -2.36. The fraction of sp³-hybridized carbons (Fsp3) is 0.462. The normalized spacial score (nSPS) is 25.3. The standard InChI is InChI=1S/C13H16N5O8P/c1-2-3-24-9-8(26-27(21,22)23)6(4-19)25-12(9)18-5-15-7-10(18)16-13(14)17-11(7)20/h5-6,8-9,12,19H,4H2,1H3,(H2,21,22,23)(H3,14,16,17,20)/t6-,8-,9-,12-/m1/s1. The number of phosphoric acid groups is 1. The predicted molar refractivity (Wildman–Crippen MR) is 88.8 cm³/mol. The van der Waals surface area contributed by atoms with E-state index in [-0.39, 0.29) is 17.1 Å². The smallest absolute Gasteiger partial charge is 0.436 e. The predicted octanol–water partition coefficient (Wildman–Crippen LogP) is -1.56. The van der Waals surface area contributed by atoms with Gasteiger partial charge in [0.15, 0.2) is 23.5 Å². The summed E-state index contributed by atoms with van der Waals surface area (Å²) >= 11 is 0. The number of H-pyrrole nitrogens is 1. The van der Waals surface area contributed by atoms with Gasteiger partial charge in [0.05, 0.1) is 12.9 Å². The van der Waals surface area contributed by atoms with Crippen LogP contribution in [0.5, 0.6) is 0 Å². The van der Waals surface area contributed by atoms with E-state index in [2.05, 4.69) is 27.0 Å². The average molecular weight is 401 g/mol. The van der Waals surface area contributed by atoms with E-state index in [9.17, 15) is 14.5 Å². The van der Waals surface area contributed by atoms with E-state index in [0.29, 0.717) is 0 Å². The molecule has 2 aromatic rings. The van der Waals surface area contributed by atoms with E-state index in [4.69, 9.17) is 29.5 Å². The second kappa shape index (κ2) is 7.28. The molecule has 14 heteroatoms. The van der Waals surface area contributed by atoms with Gasteiger partial charge in [-0.3, -0.25) is 18.9 Å². The molecule has 1 aliphatic heterocycles. The van der Waals surface area contributed by atoms with Crippen LogP contribution in [0.15, 0.2) is 11.1 Å². The minimum atomic E-state index is -4.94. The van der Waals surface area contributed by atoms with Crippen LogP contribution in [0.2, 0.25) is 0 Å². The molecular formula is C13H16N5O8P. The number of fused-ring (bicyclic) bond motifs is 1. The van der Waals surface area contributed by atoms with E-state index in [1.807, 2.05) is 0 Å². The molecule has 27 heavy (non-hydrogen) atoms. The summed E-state index contributed by atoms with van der Waals surface area (Å²) in [4.78, 5) is 40.5. The van der Waals surface area contributed by atoms with Crippen molar-refractivity contribution in [3.05, 3.63) is 16.7 Å². The number of nitrogens with two attached hydrogens (primary N) is 1. The number of anilines is 1. The van der Waals surface area contributed by atoms with Gasteiger partial charge in [0.25, 0.3) is 5.56 Å². The summed E-state index contributed by atoms with van der Waals surface area (Å²) in [5.74, 6) is 2.31. The molecular weight excluding hydrogens is 385 g/mol. The summed E-state index contributed by atoms with van der Waals surface area (Å²) in [5, 5.41) is 9.53. The van der Waals surface area contributed by atoms with Crippen LogP contribution >= 0.6 is 7.82 Å². The van der Waals surface area contributed by atoms with Gasteiger partial charge >= 0.3 is 7.82 Å². The molecule has 1 fully saturated rings. The molecule has 3 rings (SSSR count). The van der Waals surface area contributed by atoms with Crippen LogP contribution in [0.3, 0.4) is 0 Å². The van der Waals surface area contributed by atoms with E-state index in [1.54, 1.807) is 0 Å². The van der Waals surface area contributed by atoms with Crippen molar-refractivity contribution in [3.63, 3.8) is 0 Å². The average Bonchev–Trinajstić information content (AvgIpc) is 3.13. The number of aromatic nitrogens is 4. The Morgan fingerprint density at radius 3 is 2.85 bits per heavy atom. The maximum Gasteiger partial charge on any atom is 0.470 e. The summed E-state index contributed by atoms with van der Waals surface area (Å²) in [7, 11) is -4.94. The fourth-order valence-electron chi connectivity index (χ4n) is 2.75. The van der Waals surface area contributed by atoms with Gasteiger partial charge in [0, 0.05) is 6.92 Å². The first-order valence-electron chi connectivity index (χ1n) is 7.55. The summed E-state index contributed by atoms with van der Waals surface area (Å²) < 4.78 is 28.3.